The molecular formula is C19H20N2O2. The Kier molecular flexibility index (Phi) is 4.83. The number of Topliss-reactive ketones (excluding diaryl/α,β-unsaturated/α-hetero) is 1. The highest BCUT2D eigenvalue weighted by atomic mass is 16.1. The van der Waals surface area contributed by atoms with E-state index in [4.69, 9.17) is 0 Å². The molecule has 0 aliphatic heterocycles. The molecule has 0 fully saturated rings. The number of nitrogens with one attached hydrogen (secondary N) is 2. The normalized spacial score (nSPS) is 14.6. The van der Waals surface area contributed by atoms with Gasteiger partial charge in [0.25, 0.3) is 0 Å². The molecule has 0 spiro atoms. The highest BCUT2D eigenvalue weighted by Crippen LogP contribution is 2.22. The Morgan fingerprint density at radius 1 is 1.00 bits per heavy atom. The van der Waals surface area contributed by atoms with E-state index in [0.29, 0.717) is 11.8 Å². The minimum atomic E-state index is -0.906. The molecule has 1 unspecified atom stereocenters. The molecule has 2 aromatic carbocycles. The van der Waals surface area contributed by atoms with E-state index >= 15 is 0 Å². The summed E-state index contributed by atoms with van der Waals surface area (Å²) in [5.74, 6) is -0.211. The first-order valence-electron chi connectivity index (χ1n) is 7.96. The van der Waals surface area contributed by atoms with Crippen LogP contribution in [0.2, 0.25) is 0 Å². The maximum atomic E-state index is 12.5. The highest BCUT2D eigenvalue weighted by Gasteiger charge is 2.20. The number of ketones is 1. The van der Waals surface area contributed by atoms with Gasteiger partial charge in [0.1, 0.15) is 12.3 Å². The van der Waals surface area contributed by atoms with Crippen molar-refractivity contribution in [2.45, 2.75) is 31.7 Å². The van der Waals surface area contributed by atoms with Crippen molar-refractivity contribution in [2.24, 2.45) is 0 Å². The fourth-order valence-corrected chi connectivity index (χ4v) is 2.91. The number of fused-ring (bicyclic) bond motifs is 1. The number of hydrogen-bond donors (Lipinski definition) is 2. The van der Waals surface area contributed by atoms with Crippen LogP contribution < -0.4 is 10.9 Å². The molecular weight excluding hydrogens is 288 g/mol. The SMILES string of the molecule is O=CC(NNc1ccccc1)C(=O)c1ccc2c(c1)CCCC2. The molecule has 0 radical (unpaired) electrons. The molecule has 0 amide bonds. The number of rotatable bonds is 6. The second-order valence-corrected chi connectivity index (χ2v) is 5.80. The van der Waals surface area contributed by atoms with E-state index in [1.807, 2.05) is 48.5 Å². The number of carbonyl (C=O) groups is 2. The Morgan fingerprint density at radius 2 is 1.74 bits per heavy atom. The van der Waals surface area contributed by atoms with E-state index in [1.54, 1.807) is 0 Å². The van der Waals surface area contributed by atoms with Crippen molar-refractivity contribution in [3.63, 3.8) is 0 Å². The van der Waals surface area contributed by atoms with Gasteiger partial charge >= 0.3 is 0 Å². The molecule has 4 nitrogen and oxygen atoms in total. The second kappa shape index (κ2) is 7.20. The van der Waals surface area contributed by atoms with E-state index in [2.05, 4.69) is 10.9 Å². The van der Waals surface area contributed by atoms with Crippen LogP contribution in [0.5, 0.6) is 0 Å². The number of aldehydes is 1. The largest absolute Gasteiger partial charge is 0.320 e. The summed E-state index contributed by atoms with van der Waals surface area (Å²) < 4.78 is 0. The fraction of sp³-hybridized carbons (Fsp3) is 0.263. The monoisotopic (exact) mass is 308 g/mol. The lowest BCUT2D eigenvalue weighted by Crippen LogP contribution is -2.41. The number of hydrazine groups is 1. The van der Waals surface area contributed by atoms with Crippen molar-refractivity contribution < 1.29 is 9.59 Å². The van der Waals surface area contributed by atoms with Crippen LogP contribution >= 0.6 is 0 Å². The molecule has 3 rings (SSSR count). The van der Waals surface area contributed by atoms with Gasteiger partial charge in [-0.15, -0.1) is 0 Å². The first-order chi connectivity index (χ1) is 11.3. The van der Waals surface area contributed by atoms with E-state index in [9.17, 15) is 9.59 Å². The fourth-order valence-electron chi connectivity index (χ4n) is 2.91. The van der Waals surface area contributed by atoms with E-state index in [1.165, 1.54) is 17.5 Å². The van der Waals surface area contributed by atoms with E-state index in [0.717, 1.165) is 24.9 Å². The molecule has 1 atom stereocenters. The van der Waals surface area contributed by atoms with Crippen LogP contribution in [0.25, 0.3) is 0 Å². The number of carbonyl (C=O) groups excluding carboxylic acids is 2. The minimum Gasteiger partial charge on any atom is -0.320 e. The molecule has 0 saturated carbocycles. The maximum absolute atomic E-state index is 12.5. The molecule has 0 aromatic heterocycles. The van der Waals surface area contributed by atoms with Crippen molar-refractivity contribution in [3.05, 3.63) is 65.2 Å². The Balaban J connectivity index is 1.71. The minimum absolute atomic E-state index is 0.211. The number of benzene rings is 2. The third kappa shape index (κ3) is 3.66. The second-order valence-electron chi connectivity index (χ2n) is 5.80. The zero-order chi connectivity index (χ0) is 16.1. The van der Waals surface area contributed by atoms with Gasteiger partial charge in [0.05, 0.1) is 0 Å². The molecule has 1 aliphatic rings. The molecule has 2 aromatic rings. The van der Waals surface area contributed by atoms with Crippen molar-refractivity contribution in [2.75, 3.05) is 5.43 Å². The zero-order valence-electron chi connectivity index (χ0n) is 12.9. The standard InChI is InChI=1S/C19H20N2O2/c22-13-18(21-20-17-8-2-1-3-9-17)19(23)16-11-10-14-6-4-5-7-15(14)12-16/h1-3,8-13,18,20-21H,4-7H2. The van der Waals surface area contributed by atoms with Gasteiger partial charge in [0, 0.05) is 11.3 Å². The molecule has 23 heavy (non-hydrogen) atoms. The van der Waals surface area contributed by atoms with Gasteiger partial charge in [-0.2, -0.15) is 0 Å². The van der Waals surface area contributed by atoms with Gasteiger partial charge in [-0.25, -0.2) is 5.43 Å². The van der Waals surface area contributed by atoms with Crippen LogP contribution in [0.3, 0.4) is 0 Å². The third-order valence-corrected chi connectivity index (χ3v) is 4.20. The predicted molar refractivity (Wildman–Crippen MR) is 90.5 cm³/mol. The van der Waals surface area contributed by atoms with Crippen molar-refractivity contribution >= 4 is 17.8 Å². The molecule has 0 saturated heterocycles. The molecule has 2 N–H and O–H groups in total. The summed E-state index contributed by atoms with van der Waals surface area (Å²) in [6.45, 7) is 0. The van der Waals surface area contributed by atoms with E-state index in [-0.39, 0.29) is 5.78 Å². The first kappa shape index (κ1) is 15.4. The van der Waals surface area contributed by atoms with Crippen LogP contribution in [0.4, 0.5) is 5.69 Å². The van der Waals surface area contributed by atoms with Gasteiger partial charge in [-0.1, -0.05) is 30.3 Å². The molecule has 118 valence electrons. The van der Waals surface area contributed by atoms with Crippen LogP contribution in [0.15, 0.2) is 48.5 Å². The van der Waals surface area contributed by atoms with Crippen molar-refractivity contribution in [1.82, 2.24) is 5.43 Å². The van der Waals surface area contributed by atoms with Crippen LogP contribution in [0, 0.1) is 0 Å². The van der Waals surface area contributed by atoms with Gasteiger partial charge < -0.3 is 10.2 Å². The van der Waals surface area contributed by atoms with Gasteiger partial charge in [-0.05, 0) is 55.0 Å². The van der Waals surface area contributed by atoms with Gasteiger partial charge in [0.15, 0.2) is 5.78 Å². The smallest absolute Gasteiger partial charge is 0.188 e. The summed E-state index contributed by atoms with van der Waals surface area (Å²) >= 11 is 0. The third-order valence-electron chi connectivity index (χ3n) is 4.20. The molecule has 1 aliphatic carbocycles. The lowest BCUT2D eigenvalue weighted by molar-refractivity contribution is -0.108. The van der Waals surface area contributed by atoms with Gasteiger partial charge in [-0.3, -0.25) is 4.79 Å². The Labute approximate surface area is 135 Å². The maximum Gasteiger partial charge on any atom is 0.188 e. The molecule has 0 bridgehead atoms. The van der Waals surface area contributed by atoms with Crippen molar-refractivity contribution in [3.8, 4) is 0 Å². The average molecular weight is 308 g/mol. The highest BCUT2D eigenvalue weighted by molar-refractivity contribution is 6.08. The molecule has 4 heteroatoms. The van der Waals surface area contributed by atoms with E-state index < -0.39 is 6.04 Å². The van der Waals surface area contributed by atoms with Crippen LogP contribution in [0.1, 0.15) is 34.3 Å². The number of para-hydroxylation sites is 1. The zero-order valence-corrected chi connectivity index (χ0v) is 12.9. The Morgan fingerprint density at radius 3 is 2.48 bits per heavy atom. The lowest BCUT2D eigenvalue weighted by Gasteiger charge is -2.18. The number of hydrogen-bond acceptors (Lipinski definition) is 4. The average Bonchev–Trinajstić information content (AvgIpc) is 2.62. The number of anilines is 1. The summed E-state index contributed by atoms with van der Waals surface area (Å²) in [6, 6.07) is 14.3. The topological polar surface area (TPSA) is 58.2 Å². The van der Waals surface area contributed by atoms with Crippen molar-refractivity contribution in [1.29, 1.82) is 0 Å². The van der Waals surface area contributed by atoms with Crippen LogP contribution in [-0.4, -0.2) is 18.1 Å². The lowest BCUT2D eigenvalue weighted by atomic mass is 9.89. The quantitative estimate of drug-likeness (QED) is 0.373. The van der Waals surface area contributed by atoms with Gasteiger partial charge in [0.2, 0.25) is 0 Å². The summed E-state index contributed by atoms with van der Waals surface area (Å²) in [6.07, 6.45) is 5.10. The predicted octanol–water partition coefficient (Wildman–Crippen LogP) is 2.93. The summed E-state index contributed by atoms with van der Waals surface area (Å²) in [4.78, 5) is 23.9. The summed E-state index contributed by atoms with van der Waals surface area (Å²) in [5, 5.41) is 0. The first-order valence-corrected chi connectivity index (χ1v) is 7.96. The number of aryl methyl sites for hydroxylation is 2. The summed E-state index contributed by atoms with van der Waals surface area (Å²) in [7, 11) is 0. The Hall–Kier alpha value is -2.46. The summed E-state index contributed by atoms with van der Waals surface area (Å²) in [5.41, 5.74) is 9.66. The molecule has 0 heterocycles. The van der Waals surface area contributed by atoms with Crippen LogP contribution in [-0.2, 0) is 17.6 Å². The Bertz CT molecular complexity index is 698.